The summed E-state index contributed by atoms with van der Waals surface area (Å²) in [5.74, 6) is 1.58. The summed E-state index contributed by atoms with van der Waals surface area (Å²) < 4.78 is 0. The Morgan fingerprint density at radius 1 is 1.36 bits per heavy atom. The zero-order valence-electron chi connectivity index (χ0n) is 14.2. The molecule has 1 atom stereocenters. The van der Waals surface area contributed by atoms with Crippen molar-refractivity contribution >= 4 is 17.3 Å². The third kappa shape index (κ3) is 5.61. The van der Waals surface area contributed by atoms with Gasteiger partial charge in [-0.1, -0.05) is 6.92 Å². The second kappa shape index (κ2) is 9.16. The third-order valence-electron chi connectivity index (χ3n) is 4.08. The number of likely N-dealkylation sites (tertiary alicyclic amines) is 1. The van der Waals surface area contributed by atoms with Gasteiger partial charge in [-0.2, -0.15) is 0 Å². The maximum absolute atomic E-state index is 4.71. The average molecular weight is 323 g/mol. The van der Waals surface area contributed by atoms with Crippen LogP contribution < -0.4 is 10.6 Å². The molecule has 1 aromatic heterocycles. The van der Waals surface area contributed by atoms with Crippen molar-refractivity contribution in [1.82, 2.24) is 15.5 Å². The maximum Gasteiger partial charge on any atom is 0.191 e. The van der Waals surface area contributed by atoms with Gasteiger partial charge in [-0.15, -0.1) is 11.3 Å². The van der Waals surface area contributed by atoms with Gasteiger partial charge < -0.3 is 15.5 Å². The Morgan fingerprint density at radius 3 is 2.77 bits per heavy atom. The molecule has 0 amide bonds. The van der Waals surface area contributed by atoms with Crippen LogP contribution in [0.5, 0.6) is 0 Å². The molecule has 1 aromatic rings. The Hall–Kier alpha value is -1.07. The van der Waals surface area contributed by atoms with Gasteiger partial charge in [-0.05, 0) is 62.7 Å². The van der Waals surface area contributed by atoms with Crippen molar-refractivity contribution in [1.29, 1.82) is 0 Å². The van der Waals surface area contributed by atoms with Crippen LogP contribution >= 0.6 is 11.3 Å². The lowest BCUT2D eigenvalue weighted by Crippen LogP contribution is -2.41. The summed E-state index contributed by atoms with van der Waals surface area (Å²) in [4.78, 5) is 8.64. The number of rotatable bonds is 7. The molecular formula is C17H30N4S. The van der Waals surface area contributed by atoms with Crippen molar-refractivity contribution in [2.45, 2.75) is 40.2 Å². The Balaban J connectivity index is 1.78. The average Bonchev–Trinajstić information content (AvgIpc) is 3.14. The van der Waals surface area contributed by atoms with Gasteiger partial charge in [0.05, 0.1) is 6.54 Å². The van der Waals surface area contributed by atoms with Gasteiger partial charge in [-0.25, -0.2) is 4.99 Å². The first-order chi connectivity index (χ1) is 10.7. The van der Waals surface area contributed by atoms with Crippen LogP contribution in [-0.2, 0) is 6.54 Å². The fourth-order valence-corrected chi connectivity index (χ4v) is 3.63. The van der Waals surface area contributed by atoms with E-state index in [-0.39, 0.29) is 0 Å². The summed E-state index contributed by atoms with van der Waals surface area (Å²) in [5.41, 5.74) is 1.34. The minimum absolute atomic E-state index is 0.644. The number of hydrogen-bond donors (Lipinski definition) is 2. The topological polar surface area (TPSA) is 39.7 Å². The molecule has 1 aliphatic heterocycles. The lowest BCUT2D eigenvalue weighted by atomic mass is 10.1. The molecule has 2 N–H and O–H groups in total. The molecule has 5 heteroatoms. The number of hydrogen-bond acceptors (Lipinski definition) is 3. The summed E-state index contributed by atoms with van der Waals surface area (Å²) >= 11 is 1.79. The Morgan fingerprint density at radius 2 is 2.14 bits per heavy atom. The highest BCUT2D eigenvalue weighted by Crippen LogP contribution is 2.16. The highest BCUT2D eigenvalue weighted by molar-refractivity contribution is 7.10. The maximum atomic E-state index is 4.71. The highest BCUT2D eigenvalue weighted by Gasteiger charge is 2.14. The SMILES string of the molecule is CCNC(=NCc1sccc1C)NCC(C)CN1CCCC1. The highest BCUT2D eigenvalue weighted by atomic mass is 32.1. The molecule has 4 nitrogen and oxygen atoms in total. The largest absolute Gasteiger partial charge is 0.357 e. The molecule has 124 valence electrons. The number of guanidine groups is 1. The van der Waals surface area contributed by atoms with E-state index in [1.165, 1.54) is 42.9 Å². The van der Waals surface area contributed by atoms with E-state index in [9.17, 15) is 0 Å². The van der Waals surface area contributed by atoms with Crippen LogP contribution in [0.3, 0.4) is 0 Å². The van der Waals surface area contributed by atoms with E-state index in [0.717, 1.165) is 25.6 Å². The van der Waals surface area contributed by atoms with Crippen LogP contribution in [0, 0.1) is 12.8 Å². The smallest absolute Gasteiger partial charge is 0.191 e. The van der Waals surface area contributed by atoms with Crippen LogP contribution in [0.4, 0.5) is 0 Å². The molecule has 1 aliphatic rings. The molecular weight excluding hydrogens is 292 g/mol. The molecule has 0 radical (unpaired) electrons. The van der Waals surface area contributed by atoms with Crippen LogP contribution in [0.25, 0.3) is 0 Å². The van der Waals surface area contributed by atoms with Crippen molar-refractivity contribution < 1.29 is 0 Å². The van der Waals surface area contributed by atoms with E-state index in [1.807, 2.05) is 0 Å². The molecule has 1 saturated heterocycles. The van der Waals surface area contributed by atoms with E-state index in [1.54, 1.807) is 11.3 Å². The molecule has 2 rings (SSSR count). The molecule has 1 unspecified atom stereocenters. The fraction of sp³-hybridized carbons (Fsp3) is 0.706. The Labute approximate surface area is 139 Å². The summed E-state index contributed by atoms with van der Waals surface area (Å²) in [5, 5.41) is 8.97. The number of nitrogens with one attached hydrogen (secondary N) is 2. The van der Waals surface area contributed by atoms with Crippen molar-refractivity contribution in [2.75, 3.05) is 32.7 Å². The monoisotopic (exact) mass is 322 g/mol. The Bertz CT molecular complexity index is 463. The van der Waals surface area contributed by atoms with Gasteiger partial charge in [0.1, 0.15) is 0 Å². The van der Waals surface area contributed by atoms with E-state index in [0.29, 0.717) is 5.92 Å². The molecule has 0 aliphatic carbocycles. The molecule has 0 saturated carbocycles. The third-order valence-corrected chi connectivity index (χ3v) is 5.09. The lowest BCUT2D eigenvalue weighted by Gasteiger charge is -2.21. The van der Waals surface area contributed by atoms with Gasteiger partial charge in [0, 0.05) is 24.5 Å². The van der Waals surface area contributed by atoms with Gasteiger partial charge in [0.15, 0.2) is 5.96 Å². The quantitative estimate of drug-likeness (QED) is 0.599. The second-order valence-electron chi connectivity index (χ2n) is 6.22. The van der Waals surface area contributed by atoms with Crippen LogP contribution in [0.1, 0.15) is 37.1 Å². The number of thiophene rings is 1. The van der Waals surface area contributed by atoms with Crippen molar-refractivity contribution in [3.05, 3.63) is 21.9 Å². The summed E-state index contributed by atoms with van der Waals surface area (Å²) in [7, 11) is 0. The van der Waals surface area contributed by atoms with Crippen LogP contribution in [0.2, 0.25) is 0 Å². The summed E-state index contributed by atoms with van der Waals surface area (Å²) in [6, 6.07) is 2.16. The minimum Gasteiger partial charge on any atom is -0.357 e. The molecule has 0 spiro atoms. The van der Waals surface area contributed by atoms with Gasteiger partial charge >= 0.3 is 0 Å². The minimum atomic E-state index is 0.644. The first-order valence-corrected chi connectivity index (χ1v) is 9.34. The zero-order valence-corrected chi connectivity index (χ0v) is 15.0. The van der Waals surface area contributed by atoms with Crippen molar-refractivity contribution in [3.63, 3.8) is 0 Å². The second-order valence-corrected chi connectivity index (χ2v) is 7.22. The van der Waals surface area contributed by atoms with E-state index in [2.05, 4.69) is 47.8 Å². The first kappa shape index (κ1) is 17.3. The molecule has 1 fully saturated rings. The molecule has 2 heterocycles. The summed E-state index contributed by atoms with van der Waals surface area (Å²) in [6.07, 6.45) is 2.73. The number of nitrogens with zero attached hydrogens (tertiary/aromatic N) is 2. The standard InChI is InChI=1S/C17H30N4S/c1-4-18-17(20-12-16-15(3)7-10-22-16)19-11-14(2)13-21-8-5-6-9-21/h7,10,14H,4-6,8-9,11-13H2,1-3H3,(H2,18,19,20). The molecule has 0 bridgehead atoms. The number of aliphatic imine (C=N–C) groups is 1. The van der Waals surface area contributed by atoms with Crippen LogP contribution in [0.15, 0.2) is 16.4 Å². The zero-order chi connectivity index (χ0) is 15.8. The number of aryl methyl sites for hydroxylation is 1. The van der Waals surface area contributed by atoms with E-state index < -0.39 is 0 Å². The van der Waals surface area contributed by atoms with E-state index >= 15 is 0 Å². The van der Waals surface area contributed by atoms with Gasteiger partial charge in [0.2, 0.25) is 0 Å². The summed E-state index contributed by atoms with van der Waals surface area (Å²) in [6.45, 7) is 13.0. The molecule has 22 heavy (non-hydrogen) atoms. The predicted octanol–water partition coefficient (Wildman–Crippen LogP) is 2.84. The van der Waals surface area contributed by atoms with Crippen molar-refractivity contribution in [2.24, 2.45) is 10.9 Å². The van der Waals surface area contributed by atoms with E-state index in [4.69, 9.17) is 4.99 Å². The fourth-order valence-electron chi connectivity index (χ4n) is 2.80. The van der Waals surface area contributed by atoms with Gasteiger partial charge in [0.25, 0.3) is 0 Å². The molecule has 0 aromatic carbocycles. The first-order valence-electron chi connectivity index (χ1n) is 8.46. The van der Waals surface area contributed by atoms with Crippen molar-refractivity contribution in [3.8, 4) is 0 Å². The van der Waals surface area contributed by atoms with Crippen LogP contribution in [-0.4, -0.2) is 43.6 Å². The normalized spacial score (nSPS) is 17.7. The predicted molar refractivity (Wildman–Crippen MR) is 96.7 cm³/mol. The Kier molecular flexibility index (Phi) is 7.19. The van der Waals surface area contributed by atoms with Gasteiger partial charge in [-0.3, -0.25) is 0 Å². The lowest BCUT2D eigenvalue weighted by molar-refractivity contribution is 0.287.